The molecule has 31 heavy (non-hydrogen) atoms. The number of rotatable bonds is 8. The van der Waals surface area contributed by atoms with E-state index in [0.717, 1.165) is 51.8 Å². The summed E-state index contributed by atoms with van der Waals surface area (Å²) in [6.45, 7) is 5.45. The van der Waals surface area contributed by atoms with Gasteiger partial charge >= 0.3 is 0 Å². The predicted octanol–water partition coefficient (Wildman–Crippen LogP) is 2.57. The third-order valence-electron chi connectivity index (χ3n) is 6.17. The molecule has 0 unspecified atom stereocenters. The molecule has 2 heterocycles. The van der Waals surface area contributed by atoms with Gasteiger partial charge in [-0.2, -0.15) is 0 Å². The Kier molecular flexibility index (Phi) is 11.6. The van der Waals surface area contributed by atoms with Crippen LogP contribution in [0.4, 0.5) is 0 Å². The van der Waals surface area contributed by atoms with Crippen molar-refractivity contribution in [3.8, 4) is 0 Å². The van der Waals surface area contributed by atoms with Crippen LogP contribution in [0.2, 0.25) is 0 Å². The van der Waals surface area contributed by atoms with E-state index in [-0.39, 0.29) is 42.0 Å². The fourth-order valence-electron chi connectivity index (χ4n) is 4.32. The van der Waals surface area contributed by atoms with Crippen LogP contribution in [0.1, 0.15) is 37.0 Å². The molecule has 0 spiro atoms. The number of amides is 1. The lowest BCUT2D eigenvalue weighted by Gasteiger charge is -2.48. The van der Waals surface area contributed by atoms with E-state index < -0.39 is 0 Å². The minimum Gasteiger partial charge on any atom is -0.379 e. The van der Waals surface area contributed by atoms with E-state index in [4.69, 9.17) is 4.74 Å². The molecule has 2 fully saturated rings. The molecule has 1 amide bonds. The third-order valence-corrected chi connectivity index (χ3v) is 7.10. The van der Waals surface area contributed by atoms with Crippen LogP contribution in [0.25, 0.3) is 0 Å². The monoisotopic (exact) mass is 563 g/mol. The largest absolute Gasteiger partial charge is 0.379 e. The molecule has 9 heteroatoms. The molecule has 2 N–H and O–H groups in total. The smallest absolute Gasteiger partial charge is 0.243 e. The van der Waals surface area contributed by atoms with Gasteiger partial charge in [0.05, 0.1) is 13.2 Å². The normalized spacial score (nSPS) is 19.4. The maximum absolute atomic E-state index is 12.1. The van der Waals surface area contributed by atoms with Gasteiger partial charge in [-0.05, 0) is 30.7 Å². The zero-order chi connectivity index (χ0) is 21.2. The number of hydrogen-bond donors (Lipinski definition) is 2. The van der Waals surface area contributed by atoms with Crippen molar-refractivity contribution in [3.63, 3.8) is 0 Å². The van der Waals surface area contributed by atoms with Gasteiger partial charge in [0.15, 0.2) is 5.96 Å². The summed E-state index contributed by atoms with van der Waals surface area (Å²) < 4.78 is 5.60. The Balaban J connectivity index is 0.00000341. The molecule has 1 saturated heterocycles. The zero-order valence-electron chi connectivity index (χ0n) is 18.9. The first-order valence-corrected chi connectivity index (χ1v) is 12.0. The van der Waals surface area contributed by atoms with Gasteiger partial charge in [0.1, 0.15) is 6.54 Å². The zero-order valence-corrected chi connectivity index (χ0v) is 22.0. The van der Waals surface area contributed by atoms with Crippen LogP contribution < -0.4 is 10.6 Å². The molecule has 1 aliphatic carbocycles. The minimum atomic E-state index is 0. The second-order valence-corrected chi connectivity index (χ2v) is 9.48. The Morgan fingerprint density at radius 1 is 1.23 bits per heavy atom. The highest BCUT2D eigenvalue weighted by atomic mass is 127. The first-order chi connectivity index (χ1) is 14.6. The van der Waals surface area contributed by atoms with Gasteiger partial charge in [-0.3, -0.25) is 9.69 Å². The number of halogens is 1. The summed E-state index contributed by atoms with van der Waals surface area (Å²) in [5.41, 5.74) is 0.157. The van der Waals surface area contributed by atoms with Crippen molar-refractivity contribution in [3.05, 3.63) is 22.4 Å². The van der Waals surface area contributed by atoms with Crippen LogP contribution in [0.3, 0.4) is 0 Å². The number of aliphatic imine (C=N–C) groups is 1. The molecule has 1 aromatic heterocycles. The lowest BCUT2D eigenvalue weighted by Crippen LogP contribution is -2.60. The summed E-state index contributed by atoms with van der Waals surface area (Å²) in [4.78, 5) is 22.2. The number of guanidine groups is 1. The van der Waals surface area contributed by atoms with E-state index in [1.54, 1.807) is 30.3 Å². The van der Waals surface area contributed by atoms with Crippen molar-refractivity contribution in [2.45, 2.75) is 44.1 Å². The molecule has 1 aliphatic heterocycles. The maximum atomic E-state index is 12.1. The van der Waals surface area contributed by atoms with E-state index in [1.165, 1.54) is 37.0 Å². The molecule has 0 atom stereocenters. The Hall–Kier alpha value is -0.910. The minimum absolute atomic E-state index is 0. The number of morpholine rings is 1. The molecule has 3 rings (SSSR count). The second-order valence-electron chi connectivity index (χ2n) is 8.45. The quantitative estimate of drug-likeness (QED) is 0.289. The van der Waals surface area contributed by atoms with Crippen molar-refractivity contribution >= 4 is 47.2 Å². The van der Waals surface area contributed by atoms with Crippen LogP contribution >= 0.6 is 35.3 Å². The van der Waals surface area contributed by atoms with Gasteiger partial charge in [0.25, 0.3) is 0 Å². The lowest BCUT2D eigenvalue weighted by atomic mass is 9.80. The van der Waals surface area contributed by atoms with Crippen LogP contribution in [0.15, 0.2) is 22.5 Å². The SMILES string of the molecule is CN(C)C(=O)CN=C(NCCc1cccs1)NCC1(N2CCOCC2)CCCCC1.I. The molecule has 7 nitrogen and oxygen atoms in total. The van der Waals surface area contributed by atoms with Gasteiger partial charge in [-0.25, -0.2) is 4.99 Å². The number of carbonyl (C=O) groups is 1. The first kappa shape index (κ1) is 26.3. The van der Waals surface area contributed by atoms with Crippen LogP contribution in [-0.4, -0.2) is 87.2 Å². The average molecular weight is 564 g/mol. The Labute approximate surface area is 208 Å². The average Bonchev–Trinajstić information content (AvgIpc) is 3.29. The van der Waals surface area contributed by atoms with Crippen LogP contribution in [-0.2, 0) is 16.0 Å². The highest BCUT2D eigenvalue weighted by Crippen LogP contribution is 2.33. The van der Waals surface area contributed by atoms with E-state index >= 15 is 0 Å². The summed E-state index contributed by atoms with van der Waals surface area (Å²) in [6.07, 6.45) is 7.24. The van der Waals surface area contributed by atoms with Crippen LogP contribution in [0.5, 0.6) is 0 Å². The first-order valence-electron chi connectivity index (χ1n) is 11.2. The molecular weight excluding hydrogens is 525 g/mol. The molecule has 0 aromatic carbocycles. The van der Waals surface area contributed by atoms with Gasteiger partial charge < -0.3 is 20.3 Å². The summed E-state index contributed by atoms with van der Waals surface area (Å²) in [7, 11) is 3.54. The summed E-state index contributed by atoms with van der Waals surface area (Å²) in [6, 6.07) is 4.24. The number of hydrogen-bond acceptors (Lipinski definition) is 5. The molecule has 2 aliphatic rings. The predicted molar refractivity (Wildman–Crippen MR) is 139 cm³/mol. The molecular formula is C22H38IN5O2S. The Morgan fingerprint density at radius 2 is 1.97 bits per heavy atom. The number of likely N-dealkylation sites (N-methyl/N-ethyl adjacent to an activating group) is 1. The summed E-state index contributed by atoms with van der Waals surface area (Å²) in [5.74, 6) is 0.745. The van der Waals surface area contributed by atoms with Gasteiger partial charge in [0.2, 0.25) is 5.91 Å². The van der Waals surface area contributed by atoms with Gasteiger partial charge in [0, 0.05) is 50.7 Å². The lowest BCUT2D eigenvalue weighted by molar-refractivity contribution is -0.127. The van der Waals surface area contributed by atoms with Crippen molar-refractivity contribution in [1.29, 1.82) is 0 Å². The highest BCUT2D eigenvalue weighted by molar-refractivity contribution is 14.0. The number of ether oxygens (including phenoxy) is 1. The van der Waals surface area contributed by atoms with Crippen molar-refractivity contribution in [1.82, 2.24) is 20.4 Å². The van der Waals surface area contributed by atoms with Gasteiger partial charge in [-0.1, -0.05) is 25.3 Å². The summed E-state index contributed by atoms with van der Waals surface area (Å²) >= 11 is 1.77. The van der Waals surface area contributed by atoms with Crippen molar-refractivity contribution in [2.75, 3.05) is 60.0 Å². The van der Waals surface area contributed by atoms with Crippen molar-refractivity contribution < 1.29 is 9.53 Å². The number of nitrogens with zero attached hydrogens (tertiary/aromatic N) is 3. The van der Waals surface area contributed by atoms with E-state index in [0.29, 0.717) is 0 Å². The fourth-order valence-corrected chi connectivity index (χ4v) is 5.03. The Bertz CT molecular complexity index is 671. The van der Waals surface area contributed by atoms with E-state index in [9.17, 15) is 4.79 Å². The molecule has 0 bridgehead atoms. The second kappa shape index (κ2) is 13.6. The summed E-state index contributed by atoms with van der Waals surface area (Å²) in [5, 5.41) is 9.14. The number of thiophene rings is 1. The van der Waals surface area contributed by atoms with E-state index in [2.05, 4.69) is 38.0 Å². The van der Waals surface area contributed by atoms with Crippen LogP contribution in [0, 0.1) is 0 Å². The standard InChI is InChI=1S/C22H37N5O2S.HI/c1-26(2)20(28)17-24-21(23-11-8-19-7-6-16-30-19)25-18-22(9-4-3-5-10-22)27-12-14-29-15-13-27;/h6-7,16H,3-5,8-15,17-18H2,1-2H3,(H2,23,24,25);1H. The molecule has 176 valence electrons. The maximum Gasteiger partial charge on any atom is 0.243 e. The van der Waals surface area contributed by atoms with Gasteiger partial charge in [-0.15, -0.1) is 35.3 Å². The van der Waals surface area contributed by atoms with Crippen molar-refractivity contribution in [2.24, 2.45) is 4.99 Å². The Morgan fingerprint density at radius 3 is 2.61 bits per heavy atom. The molecule has 1 saturated carbocycles. The molecule has 1 aromatic rings. The third kappa shape index (κ3) is 8.18. The number of nitrogens with one attached hydrogen (secondary N) is 2. The number of carbonyl (C=O) groups excluding carboxylic acids is 1. The molecule has 0 radical (unpaired) electrons. The van der Waals surface area contributed by atoms with E-state index in [1.807, 2.05) is 0 Å². The topological polar surface area (TPSA) is 69.2 Å². The fraction of sp³-hybridized carbons (Fsp3) is 0.727. The highest BCUT2D eigenvalue weighted by Gasteiger charge is 2.38.